The lowest BCUT2D eigenvalue weighted by molar-refractivity contribution is -0.137. The number of aromatic nitrogens is 2. The van der Waals surface area contributed by atoms with Gasteiger partial charge < -0.3 is 9.64 Å². The van der Waals surface area contributed by atoms with E-state index in [4.69, 9.17) is 9.72 Å². The molecule has 0 N–H and O–H groups in total. The van der Waals surface area contributed by atoms with Crippen molar-refractivity contribution >= 4 is 16.8 Å². The monoisotopic (exact) mass is 484 g/mol. The first kappa shape index (κ1) is 27.3. The quantitative estimate of drug-likeness (QED) is 0.525. The lowest BCUT2D eigenvalue weighted by Gasteiger charge is -2.43. The molecule has 7 heteroatoms. The largest absolute Gasteiger partial charge is 0.383 e. The number of hydrogen-bond acceptors (Lipinski definition) is 5. The van der Waals surface area contributed by atoms with Gasteiger partial charge in [-0.05, 0) is 43.2 Å². The molecule has 3 unspecified atom stereocenters. The predicted molar refractivity (Wildman–Crippen MR) is 142 cm³/mol. The Morgan fingerprint density at radius 1 is 1.23 bits per heavy atom. The van der Waals surface area contributed by atoms with E-state index in [1.165, 1.54) is 0 Å². The average molecular weight is 485 g/mol. The SMILES string of the molecule is CCC(c1nc2ccccc2c(=O)n1CCOC)N1CCN(C(=O)CC(C)CC(C)(C)C)C(C)C1. The van der Waals surface area contributed by atoms with Gasteiger partial charge in [0.15, 0.2) is 0 Å². The third-order valence-electron chi connectivity index (χ3n) is 7.00. The fourth-order valence-corrected chi connectivity index (χ4v) is 5.61. The number of hydrogen-bond donors (Lipinski definition) is 0. The second-order valence-electron chi connectivity index (χ2n) is 11.4. The molecule has 0 bridgehead atoms. The van der Waals surface area contributed by atoms with Crippen LogP contribution >= 0.6 is 0 Å². The smallest absolute Gasteiger partial charge is 0.261 e. The zero-order valence-electron chi connectivity index (χ0n) is 22.7. The number of carbonyl (C=O) groups is 1. The molecule has 1 fully saturated rings. The number of para-hydroxylation sites is 1. The van der Waals surface area contributed by atoms with Crippen LogP contribution in [0.15, 0.2) is 29.1 Å². The van der Waals surface area contributed by atoms with Crippen molar-refractivity contribution in [3.63, 3.8) is 0 Å². The van der Waals surface area contributed by atoms with Crippen LogP contribution in [0.2, 0.25) is 0 Å². The van der Waals surface area contributed by atoms with Crippen LogP contribution in [0.1, 0.15) is 72.7 Å². The fraction of sp³-hybridized carbons (Fsp3) is 0.679. The van der Waals surface area contributed by atoms with E-state index < -0.39 is 0 Å². The van der Waals surface area contributed by atoms with Crippen molar-refractivity contribution in [3.05, 3.63) is 40.4 Å². The summed E-state index contributed by atoms with van der Waals surface area (Å²) in [5.74, 6) is 1.41. The van der Waals surface area contributed by atoms with Gasteiger partial charge in [0.1, 0.15) is 5.82 Å². The maximum absolute atomic E-state index is 13.4. The molecule has 1 aliphatic heterocycles. The summed E-state index contributed by atoms with van der Waals surface area (Å²) in [6, 6.07) is 7.67. The Hall–Kier alpha value is -2.25. The van der Waals surface area contributed by atoms with Crippen molar-refractivity contribution in [1.29, 1.82) is 0 Å². The van der Waals surface area contributed by atoms with E-state index >= 15 is 0 Å². The molecule has 1 aromatic heterocycles. The minimum atomic E-state index is -0.0178. The summed E-state index contributed by atoms with van der Waals surface area (Å²) in [6.45, 7) is 16.3. The minimum Gasteiger partial charge on any atom is -0.383 e. The molecule has 194 valence electrons. The number of amides is 1. The maximum atomic E-state index is 13.4. The molecular formula is C28H44N4O3. The van der Waals surface area contributed by atoms with Gasteiger partial charge in [-0.25, -0.2) is 4.98 Å². The van der Waals surface area contributed by atoms with Crippen LogP contribution in [0.5, 0.6) is 0 Å². The molecule has 0 saturated carbocycles. The Kier molecular flexibility index (Phi) is 9.11. The summed E-state index contributed by atoms with van der Waals surface area (Å²) in [4.78, 5) is 35.9. The number of fused-ring (bicyclic) bond motifs is 1. The summed E-state index contributed by atoms with van der Waals surface area (Å²) in [5, 5.41) is 0.635. The molecule has 0 aliphatic carbocycles. The molecule has 1 aromatic carbocycles. The Balaban J connectivity index is 1.81. The standard InChI is InChI=1S/C28H44N4O3/c1-8-24(26-29-23-12-10-9-11-22(23)27(34)32(26)15-16-35-7)30-13-14-31(21(3)19-30)25(33)17-20(2)18-28(4,5)6/h9-12,20-21,24H,8,13-19H2,1-7H3. The first-order chi connectivity index (χ1) is 16.6. The van der Waals surface area contributed by atoms with Crippen LogP contribution < -0.4 is 5.56 Å². The summed E-state index contributed by atoms with van der Waals surface area (Å²) in [5.41, 5.74) is 0.939. The number of benzene rings is 1. The molecule has 7 nitrogen and oxygen atoms in total. The molecule has 2 aromatic rings. The highest BCUT2D eigenvalue weighted by molar-refractivity contribution is 5.77. The predicted octanol–water partition coefficient (Wildman–Crippen LogP) is 4.49. The zero-order valence-corrected chi connectivity index (χ0v) is 22.7. The summed E-state index contributed by atoms with van der Waals surface area (Å²) in [6.07, 6.45) is 2.47. The number of nitrogens with zero attached hydrogens (tertiary/aromatic N) is 4. The molecule has 1 aliphatic rings. The Bertz CT molecular complexity index is 1060. The van der Waals surface area contributed by atoms with Gasteiger partial charge in [0.2, 0.25) is 5.91 Å². The Labute approximate surface area is 210 Å². The van der Waals surface area contributed by atoms with Crippen LogP contribution in [0, 0.1) is 11.3 Å². The molecule has 1 amide bonds. The third kappa shape index (κ3) is 6.70. The Morgan fingerprint density at radius 2 is 1.94 bits per heavy atom. The second-order valence-corrected chi connectivity index (χ2v) is 11.4. The lowest BCUT2D eigenvalue weighted by Crippen LogP contribution is -2.55. The first-order valence-corrected chi connectivity index (χ1v) is 13.1. The van der Waals surface area contributed by atoms with Crippen LogP contribution in [0.25, 0.3) is 10.9 Å². The molecule has 35 heavy (non-hydrogen) atoms. The molecule has 0 radical (unpaired) electrons. The van der Waals surface area contributed by atoms with Gasteiger partial charge >= 0.3 is 0 Å². The van der Waals surface area contributed by atoms with E-state index in [2.05, 4.69) is 46.4 Å². The van der Waals surface area contributed by atoms with Crippen molar-refractivity contribution < 1.29 is 9.53 Å². The van der Waals surface area contributed by atoms with Crippen molar-refractivity contribution in [2.45, 2.75) is 79.4 Å². The highest BCUT2D eigenvalue weighted by atomic mass is 16.5. The van der Waals surface area contributed by atoms with Gasteiger partial charge in [0.05, 0.1) is 30.1 Å². The number of piperazine rings is 1. The number of carbonyl (C=O) groups excluding carboxylic acids is 1. The second kappa shape index (κ2) is 11.7. The fourth-order valence-electron chi connectivity index (χ4n) is 5.61. The van der Waals surface area contributed by atoms with E-state index in [0.717, 1.165) is 37.3 Å². The van der Waals surface area contributed by atoms with E-state index in [0.29, 0.717) is 37.4 Å². The van der Waals surface area contributed by atoms with Crippen molar-refractivity contribution in [2.24, 2.45) is 11.3 Å². The molecular weight excluding hydrogens is 440 g/mol. The summed E-state index contributed by atoms with van der Waals surface area (Å²) >= 11 is 0. The van der Waals surface area contributed by atoms with Crippen molar-refractivity contribution in [3.8, 4) is 0 Å². The molecule has 2 heterocycles. The van der Waals surface area contributed by atoms with E-state index in [9.17, 15) is 9.59 Å². The van der Waals surface area contributed by atoms with Gasteiger partial charge in [0, 0.05) is 39.2 Å². The van der Waals surface area contributed by atoms with Crippen LogP contribution in [-0.2, 0) is 16.1 Å². The van der Waals surface area contributed by atoms with Gasteiger partial charge in [-0.3, -0.25) is 19.1 Å². The first-order valence-electron chi connectivity index (χ1n) is 13.1. The van der Waals surface area contributed by atoms with Crippen LogP contribution in [-0.4, -0.2) is 64.7 Å². The van der Waals surface area contributed by atoms with E-state index in [-0.39, 0.29) is 29.0 Å². The van der Waals surface area contributed by atoms with Gasteiger partial charge in [-0.2, -0.15) is 0 Å². The number of ether oxygens (including phenoxy) is 1. The summed E-state index contributed by atoms with van der Waals surface area (Å²) in [7, 11) is 1.65. The highest BCUT2D eigenvalue weighted by Crippen LogP contribution is 2.29. The lowest BCUT2D eigenvalue weighted by atomic mass is 9.84. The zero-order chi connectivity index (χ0) is 25.8. The number of methoxy groups -OCH3 is 1. The van der Waals surface area contributed by atoms with Gasteiger partial charge in [0.25, 0.3) is 5.56 Å². The molecule has 1 saturated heterocycles. The molecule has 3 rings (SSSR count). The average Bonchev–Trinajstić information content (AvgIpc) is 2.78. The van der Waals surface area contributed by atoms with Gasteiger partial charge in [-0.15, -0.1) is 0 Å². The van der Waals surface area contributed by atoms with Crippen LogP contribution in [0.3, 0.4) is 0 Å². The van der Waals surface area contributed by atoms with E-state index in [1.54, 1.807) is 11.7 Å². The third-order valence-corrected chi connectivity index (χ3v) is 7.00. The molecule has 0 spiro atoms. The normalized spacial score (nSPS) is 19.2. The van der Waals surface area contributed by atoms with Crippen molar-refractivity contribution in [2.75, 3.05) is 33.4 Å². The maximum Gasteiger partial charge on any atom is 0.261 e. The highest BCUT2D eigenvalue weighted by Gasteiger charge is 2.33. The Morgan fingerprint density at radius 3 is 2.57 bits per heavy atom. The molecule has 3 atom stereocenters. The topological polar surface area (TPSA) is 67.7 Å². The van der Waals surface area contributed by atoms with E-state index in [1.807, 2.05) is 29.2 Å². The van der Waals surface area contributed by atoms with Crippen molar-refractivity contribution in [1.82, 2.24) is 19.4 Å². The van der Waals surface area contributed by atoms with Crippen LogP contribution in [0.4, 0.5) is 0 Å². The minimum absolute atomic E-state index is 0.00341. The summed E-state index contributed by atoms with van der Waals surface area (Å²) < 4.78 is 7.09. The van der Waals surface area contributed by atoms with Gasteiger partial charge in [-0.1, -0.05) is 46.8 Å². The number of rotatable bonds is 9.